The fourth-order valence-corrected chi connectivity index (χ4v) is 3.72. The zero-order valence-electron chi connectivity index (χ0n) is 17.1. The van der Waals surface area contributed by atoms with Crippen molar-refractivity contribution in [3.8, 4) is 11.1 Å². The second-order valence-electron chi connectivity index (χ2n) is 7.48. The fraction of sp³-hybridized carbons (Fsp3) is 0.348. The average Bonchev–Trinajstić information content (AvgIpc) is 2.76. The van der Waals surface area contributed by atoms with Crippen molar-refractivity contribution in [2.75, 3.05) is 44.7 Å². The quantitative estimate of drug-likeness (QED) is 0.630. The third kappa shape index (κ3) is 4.22. The zero-order valence-corrected chi connectivity index (χ0v) is 17.1. The maximum absolute atomic E-state index is 12.9. The number of hydrogen-bond acceptors (Lipinski definition) is 5. The van der Waals surface area contributed by atoms with Crippen LogP contribution in [0.1, 0.15) is 6.92 Å². The van der Waals surface area contributed by atoms with Gasteiger partial charge >= 0.3 is 0 Å². The van der Waals surface area contributed by atoms with Crippen molar-refractivity contribution in [3.05, 3.63) is 59.1 Å². The highest BCUT2D eigenvalue weighted by Gasteiger charge is 2.14. The molecule has 0 saturated carbocycles. The number of likely N-dealkylation sites (N-methyl/N-ethyl adjacent to an activating group) is 1. The van der Waals surface area contributed by atoms with E-state index in [1.807, 2.05) is 25.1 Å². The molecule has 2 aromatic carbocycles. The van der Waals surface area contributed by atoms with E-state index in [1.54, 1.807) is 17.1 Å². The summed E-state index contributed by atoms with van der Waals surface area (Å²) in [5, 5.41) is 0.647. The molecule has 1 aliphatic heterocycles. The van der Waals surface area contributed by atoms with Gasteiger partial charge in [-0.15, -0.1) is 0 Å². The molecular weight excluding hydrogens is 362 g/mol. The smallest absolute Gasteiger partial charge is 0.261 e. The van der Waals surface area contributed by atoms with E-state index in [-0.39, 0.29) is 5.56 Å². The Hall–Kier alpha value is -2.99. The van der Waals surface area contributed by atoms with E-state index in [1.165, 1.54) is 5.69 Å². The van der Waals surface area contributed by atoms with Crippen molar-refractivity contribution in [3.63, 3.8) is 0 Å². The molecule has 2 heterocycles. The Morgan fingerprint density at radius 3 is 2.48 bits per heavy atom. The molecule has 0 amide bonds. The molecule has 6 heteroatoms. The Bertz CT molecular complexity index is 1060. The largest absolute Gasteiger partial charge is 0.369 e. The van der Waals surface area contributed by atoms with Crippen molar-refractivity contribution in [2.24, 2.45) is 4.99 Å². The molecule has 29 heavy (non-hydrogen) atoms. The van der Waals surface area contributed by atoms with E-state index < -0.39 is 0 Å². The SMILES string of the molecule is CC=NCCn1cnc2ccc(-c3ccc(N4CCN(C)CC4)cc3)cc2c1=O. The summed E-state index contributed by atoms with van der Waals surface area (Å²) in [6.07, 6.45) is 3.36. The second-order valence-corrected chi connectivity index (χ2v) is 7.48. The number of aliphatic imine (C=N–C) groups is 1. The molecule has 6 nitrogen and oxygen atoms in total. The van der Waals surface area contributed by atoms with Crippen LogP contribution < -0.4 is 10.5 Å². The van der Waals surface area contributed by atoms with Gasteiger partial charge in [0, 0.05) is 38.4 Å². The molecule has 0 atom stereocenters. The molecule has 0 N–H and O–H groups in total. The first kappa shape index (κ1) is 19.3. The summed E-state index contributed by atoms with van der Waals surface area (Å²) >= 11 is 0. The minimum atomic E-state index is -0.0165. The van der Waals surface area contributed by atoms with Gasteiger partial charge in [0.15, 0.2) is 0 Å². The van der Waals surface area contributed by atoms with Gasteiger partial charge in [0.05, 0.1) is 23.8 Å². The summed E-state index contributed by atoms with van der Waals surface area (Å²) in [7, 11) is 2.17. The van der Waals surface area contributed by atoms with Crippen LogP contribution in [0.5, 0.6) is 0 Å². The van der Waals surface area contributed by atoms with Crippen LogP contribution in [-0.4, -0.2) is 60.4 Å². The Balaban J connectivity index is 1.60. The fourth-order valence-electron chi connectivity index (χ4n) is 3.72. The van der Waals surface area contributed by atoms with Crippen LogP contribution in [0.25, 0.3) is 22.0 Å². The molecule has 0 aliphatic carbocycles. The number of aromatic nitrogens is 2. The summed E-state index contributed by atoms with van der Waals surface area (Å²) in [6.45, 7) is 7.29. The number of nitrogens with zero attached hydrogens (tertiary/aromatic N) is 5. The summed E-state index contributed by atoms with van der Waals surface area (Å²) in [5.41, 5.74) is 4.10. The lowest BCUT2D eigenvalue weighted by molar-refractivity contribution is 0.313. The van der Waals surface area contributed by atoms with Crippen molar-refractivity contribution >= 4 is 22.8 Å². The predicted octanol–water partition coefficient (Wildman–Crippen LogP) is 2.91. The first-order valence-electron chi connectivity index (χ1n) is 10.1. The van der Waals surface area contributed by atoms with Crippen molar-refractivity contribution in [2.45, 2.75) is 13.5 Å². The van der Waals surface area contributed by atoms with Crippen LogP contribution in [0.4, 0.5) is 5.69 Å². The predicted molar refractivity (Wildman–Crippen MR) is 120 cm³/mol. The van der Waals surface area contributed by atoms with E-state index in [0.29, 0.717) is 18.5 Å². The number of fused-ring (bicyclic) bond motifs is 1. The minimum absolute atomic E-state index is 0.0165. The van der Waals surface area contributed by atoms with Gasteiger partial charge in [0.2, 0.25) is 0 Å². The standard InChI is InChI=1S/C23H27N5O/c1-3-24-10-11-28-17-25-22-9-6-19(16-21(22)23(28)29)18-4-7-20(8-5-18)27-14-12-26(2)13-15-27/h3-9,16-17H,10-15H2,1-2H3. The molecule has 0 spiro atoms. The van der Waals surface area contributed by atoms with Crippen molar-refractivity contribution < 1.29 is 0 Å². The van der Waals surface area contributed by atoms with Gasteiger partial charge < -0.3 is 9.80 Å². The highest BCUT2D eigenvalue weighted by Crippen LogP contribution is 2.25. The second kappa shape index (κ2) is 8.57. The molecule has 0 bridgehead atoms. The van der Waals surface area contributed by atoms with Crippen molar-refractivity contribution in [1.29, 1.82) is 0 Å². The average molecular weight is 390 g/mol. The summed E-state index contributed by atoms with van der Waals surface area (Å²) in [5.74, 6) is 0. The van der Waals surface area contributed by atoms with Crippen LogP contribution in [0.3, 0.4) is 0 Å². The topological polar surface area (TPSA) is 53.7 Å². The summed E-state index contributed by atoms with van der Waals surface area (Å²) < 4.78 is 1.63. The van der Waals surface area contributed by atoms with Gasteiger partial charge in [-0.05, 0) is 55.6 Å². The summed E-state index contributed by atoms with van der Waals surface area (Å²) in [4.78, 5) is 26.3. The van der Waals surface area contributed by atoms with E-state index in [0.717, 1.165) is 42.8 Å². The lowest BCUT2D eigenvalue weighted by Gasteiger charge is -2.34. The Morgan fingerprint density at radius 2 is 1.76 bits per heavy atom. The van der Waals surface area contributed by atoms with Crippen LogP contribution in [-0.2, 0) is 6.54 Å². The Labute approximate surface area is 171 Å². The molecular formula is C23H27N5O. The highest BCUT2D eigenvalue weighted by molar-refractivity contribution is 5.83. The van der Waals surface area contributed by atoms with Crippen LogP contribution in [0, 0.1) is 0 Å². The molecule has 1 aromatic heterocycles. The maximum Gasteiger partial charge on any atom is 0.261 e. The monoisotopic (exact) mass is 389 g/mol. The molecule has 0 radical (unpaired) electrons. The third-order valence-electron chi connectivity index (χ3n) is 5.55. The van der Waals surface area contributed by atoms with E-state index in [2.05, 4.69) is 51.1 Å². The van der Waals surface area contributed by atoms with Gasteiger partial charge in [-0.2, -0.15) is 0 Å². The first-order valence-corrected chi connectivity index (χ1v) is 10.1. The van der Waals surface area contributed by atoms with Crippen molar-refractivity contribution in [1.82, 2.24) is 14.5 Å². The van der Waals surface area contributed by atoms with Gasteiger partial charge in [-0.3, -0.25) is 14.4 Å². The molecule has 1 fully saturated rings. The van der Waals surface area contributed by atoms with E-state index >= 15 is 0 Å². The molecule has 3 aromatic rings. The van der Waals surface area contributed by atoms with Gasteiger partial charge in [-0.1, -0.05) is 18.2 Å². The van der Waals surface area contributed by atoms with Gasteiger partial charge in [-0.25, -0.2) is 4.98 Å². The lowest BCUT2D eigenvalue weighted by atomic mass is 10.0. The van der Waals surface area contributed by atoms with Gasteiger partial charge in [0.1, 0.15) is 0 Å². The van der Waals surface area contributed by atoms with Crippen LogP contribution in [0.2, 0.25) is 0 Å². The minimum Gasteiger partial charge on any atom is -0.369 e. The van der Waals surface area contributed by atoms with E-state index in [4.69, 9.17) is 0 Å². The normalized spacial score (nSPS) is 15.4. The highest BCUT2D eigenvalue weighted by atomic mass is 16.1. The number of piperazine rings is 1. The maximum atomic E-state index is 12.9. The number of anilines is 1. The molecule has 4 rings (SSSR count). The molecule has 150 valence electrons. The van der Waals surface area contributed by atoms with E-state index in [9.17, 15) is 4.79 Å². The van der Waals surface area contributed by atoms with Gasteiger partial charge in [0.25, 0.3) is 5.56 Å². The number of rotatable bonds is 5. The molecule has 1 aliphatic rings. The third-order valence-corrected chi connectivity index (χ3v) is 5.55. The molecule has 0 unspecified atom stereocenters. The van der Waals surface area contributed by atoms with Crippen LogP contribution in [0.15, 0.2) is 58.6 Å². The number of benzene rings is 2. The molecule has 1 saturated heterocycles. The Morgan fingerprint density at radius 1 is 1.03 bits per heavy atom. The summed E-state index contributed by atoms with van der Waals surface area (Å²) in [6, 6.07) is 14.5. The van der Waals surface area contributed by atoms with Crippen LogP contribution >= 0.6 is 0 Å². The zero-order chi connectivity index (χ0) is 20.2. The Kier molecular flexibility index (Phi) is 5.71. The lowest BCUT2D eigenvalue weighted by Crippen LogP contribution is -2.44. The first-order chi connectivity index (χ1) is 14.2. The number of hydrogen-bond donors (Lipinski definition) is 0.